The molecule has 1 unspecified atom stereocenters. The Labute approximate surface area is 119 Å². The Balaban J connectivity index is 2.59. The standard InChI is InChI=1S/C15H21N3O2/c1-15(2,3)20-14(19)18-10-13(9-17)12-6-4-11(8-16)5-7-12/h4-7,13H,9-10,17H2,1-3H3,(H,18,19). The lowest BCUT2D eigenvalue weighted by atomic mass is 9.98. The molecule has 0 spiro atoms. The first-order valence-electron chi connectivity index (χ1n) is 6.52. The maximum atomic E-state index is 11.6. The normalized spacial score (nSPS) is 12.3. The Morgan fingerprint density at radius 2 is 2.00 bits per heavy atom. The number of nitrogens with zero attached hydrogens (tertiary/aromatic N) is 1. The number of ether oxygens (including phenoxy) is 1. The SMILES string of the molecule is CC(C)(C)OC(=O)NCC(CN)c1ccc(C#N)cc1. The number of amides is 1. The van der Waals surface area contributed by atoms with Crippen LogP contribution in [0.4, 0.5) is 4.79 Å². The fourth-order valence-electron chi connectivity index (χ4n) is 1.69. The van der Waals surface area contributed by atoms with Crippen LogP contribution < -0.4 is 11.1 Å². The van der Waals surface area contributed by atoms with Crippen molar-refractivity contribution in [2.75, 3.05) is 13.1 Å². The van der Waals surface area contributed by atoms with Crippen LogP contribution in [0.15, 0.2) is 24.3 Å². The lowest BCUT2D eigenvalue weighted by Crippen LogP contribution is -2.36. The number of nitriles is 1. The molecule has 1 atom stereocenters. The third-order valence-corrected chi connectivity index (χ3v) is 2.69. The molecule has 108 valence electrons. The van der Waals surface area contributed by atoms with Crippen molar-refractivity contribution in [1.82, 2.24) is 5.32 Å². The molecular weight excluding hydrogens is 254 g/mol. The van der Waals surface area contributed by atoms with Crippen LogP contribution >= 0.6 is 0 Å². The molecular formula is C15H21N3O2. The molecule has 1 aromatic carbocycles. The van der Waals surface area contributed by atoms with Crippen LogP contribution in [-0.4, -0.2) is 24.8 Å². The van der Waals surface area contributed by atoms with Crippen molar-refractivity contribution in [3.8, 4) is 6.07 Å². The topological polar surface area (TPSA) is 88.1 Å². The minimum Gasteiger partial charge on any atom is -0.444 e. The summed E-state index contributed by atoms with van der Waals surface area (Å²) in [4.78, 5) is 11.6. The Morgan fingerprint density at radius 1 is 1.40 bits per heavy atom. The molecule has 0 fully saturated rings. The average Bonchev–Trinajstić information content (AvgIpc) is 2.38. The molecule has 0 saturated carbocycles. The molecule has 1 aromatic rings. The van der Waals surface area contributed by atoms with Crippen LogP contribution in [0, 0.1) is 11.3 Å². The number of carbonyl (C=O) groups is 1. The fourth-order valence-corrected chi connectivity index (χ4v) is 1.69. The summed E-state index contributed by atoms with van der Waals surface area (Å²) in [5.74, 6) is -0.00439. The first-order valence-corrected chi connectivity index (χ1v) is 6.52. The lowest BCUT2D eigenvalue weighted by Gasteiger charge is -2.21. The van der Waals surface area contributed by atoms with Crippen molar-refractivity contribution < 1.29 is 9.53 Å². The number of nitrogens with two attached hydrogens (primary N) is 1. The summed E-state index contributed by atoms with van der Waals surface area (Å²) in [7, 11) is 0. The fraction of sp³-hybridized carbons (Fsp3) is 0.467. The highest BCUT2D eigenvalue weighted by Crippen LogP contribution is 2.15. The summed E-state index contributed by atoms with van der Waals surface area (Å²) in [5.41, 5.74) is 6.80. The number of benzene rings is 1. The van der Waals surface area contributed by atoms with Gasteiger partial charge in [0, 0.05) is 19.0 Å². The van der Waals surface area contributed by atoms with E-state index in [-0.39, 0.29) is 5.92 Å². The zero-order chi connectivity index (χ0) is 15.2. The van der Waals surface area contributed by atoms with E-state index in [1.807, 2.05) is 32.9 Å². The third-order valence-electron chi connectivity index (χ3n) is 2.69. The highest BCUT2D eigenvalue weighted by molar-refractivity contribution is 5.67. The second-order valence-corrected chi connectivity index (χ2v) is 5.55. The van der Waals surface area contributed by atoms with Gasteiger partial charge in [0.1, 0.15) is 5.60 Å². The average molecular weight is 275 g/mol. The predicted molar refractivity (Wildman–Crippen MR) is 77.2 cm³/mol. The minimum atomic E-state index is -0.517. The van der Waals surface area contributed by atoms with E-state index in [2.05, 4.69) is 11.4 Å². The molecule has 5 nitrogen and oxygen atoms in total. The summed E-state index contributed by atoms with van der Waals surface area (Å²) >= 11 is 0. The van der Waals surface area contributed by atoms with Crippen molar-refractivity contribution in [3.05, 3.63) is 35.4 Å². The smallest absolute Gasteiger partial charge is 0.407 e. The summed E-state index contributed by atoms with van der Waals surface area (Å²) in [5, 5.41) is 11.5. The van der Waals surface area contributed by atoms with Gasteiger partial charge >= 0.3 is 6.09 Å². The van der Waals surface area contributed by atoms with Gasteiger partial charge in [-0.25, -0.2) is 4.79 Å². The Hall–Kier alpha value is -2.06. The quantitative estimate of drug-likeness (QED) is 0.881. The third kappa shape index (κ3) is 5.29. The molecule has 0 aliphatic heterocycles. The van der Waals surface area contributed by atoms with E-state index in [1.54, 1.807) is 12.1 Å². The monoisotopic (exact) mass is 275 g/mol. The summed E-state index contributed by atoms with van der Waals surface area (Å²) < 4.78 is 5.17. The maximum absolute atomic E-state index is 11.6. The van der Waals surface area contributed by atoms with Gasteiger partial charge in [-0.05, 0) is 38.5 Å². The number of hydrogen-bond donors (Lipinski definition) is 2. The van der Waals surface area contributed by atoms with Gasteiger partial charge in [0.05, 0.1) is 11.6 Å². The van der Waals surface area contributed by atoms with E-state index in [1.165, 1.54) is 0 Å². The van der Waals surface area contributed by atoms with E-state index < -0.39 is 11.7 Å². The van der Waals surface area contributed by atoms with Gasteiger partial charge in [-0.1, -0.05) is 12.1 Å². The molecule has 0 aliphatic carbocycles. The molecule has 0 aromatic heterocycles. The number of alkyl carbamates (subject to hydrolysis) is 1. The van der Waals surface area contributed by atoms with E-state index >= 15 is 0 Å². The van der Waals surface area contributed by atoms with Crippen molar-refractivity contribution >= 4 is 6.09 Å². The molecule has 3 N–H and O–H groups in total. The van der Waals surface area contributed by atoms with E-state index in [4.69, 9.17) is 15.7 Å². The van der Waals surface area contributed by atoms with E-state index in [0.29, 0.717) is 18.7 Å². The molecule has 5 heteroatoms. The van der Waals surface area contributed by atoms with Gasteiger partial charge in [-0.3, -0.25) is 0 Å². The summed E-state index contributed by atoms with van der Waals surface area (Å²) in [6.07, 6.45) is -0.454. The molecule has 0 bridgehead atoms. The van der Waals surface area contributed by atoms with Gasteiger partial charge < -0.3 is 15.8 Å². The van der Waals surface area contributed by atoms with Crippen molar-refractivity contribution in [2.45, 2.75) is 32.3 Å². The van der Waals surface area contributed by atoms with Gasteiger partial charge in [0.15, 0.2) is 0 Å². The zero-order valence-electron chi connectivity index (χ0n) is 12.1. The van der Waals surface area contributed by atoms with Crippen LogP contribution in [0.5, 0.6) is 0 Å². The van der Waals surface area contributed by atoms with Crippen molar-refractivity contribution in [1.29, 1.82) is 5.26 Å². The predicted octanol–water partition coefficient (Wildman–Crippen LogP) is 2.13. The van der Waals surface area contributed by atoms with Crippen molar-refractivity contribution in [2.24, 2.45) is 5.73 Å². The number of rotatable bonds is 4. The van der Waals surface area contributed by atoms with Gasteiger partial charge in [-0.15, -0.1) is 0 Å². The molecule has 20 heavy (non-hydrogen) atoms. The Kier molecular flexibility index (Phi) is 5.53. The highest BCUT2D eigenvalue weighted by atomic mass is 16.6. The molecule has 0 aliphatic rings. The molecule has 0 saturated heterocycles. The molecule has 1 amide bonds. The van der Waals surface area contributed by atoms with E-state index in [9.17, 15) is 4.79 Å². The van der Waals surface area contributed by atoms with Crippen LogP contribution in [0.2, 0.25) is 0 Å². The zero-order valence-corrected chi connectivity index (χ0v) is 12.1. The Bertz CT molecular complexity index is 483. The molecule has 0 radical (unpaired) electrons. The van der Waals surface area contributed by atoms with Gasteiger partial charge in [0.25, 0.3) is 0 Å². The highest BCUT2D eigenvalue weighted by Gasteiger charge is 2.17. The Morgan fingerprint density at radius 3 is 2.45 bits per heavy atom. The molecule has 0 heterocycles. The maximum Gasteiger partial charge on any atom is 0.407 e. The molecule has 1 rings (SSSR count). The second-order valence-electron chi connectivity index (χ2n) is 5.55. The number of hydrogen-bond acceptors (Lipinski definition) is 4. The summed E-state index contributed by atoms with van der Waals surface area (Å²) in [6, 6.07) is 9.26. The minimum absolute atomic E-state index is 0.00439. The van der Waals surface area contributed by atoms with Crippen LogP contribution in [-0.2, 0) is 4.74 Å². The summed E-state index contributed by atoms with van der Waals surface area (Å²) in [6.45, 7) is 6.24. The van der Waals surface area contributed by atoms with Gasteiger partial charge in [0.2, 0.25) is 0 Å². The van der Waals surface area contributed by atoms with Crippen molar-refractivity contribution in [3.63, 3.8) is 0 Å². The first-order chi connectivity index (χ1) is 9.35. The first kappa shape index (κ1) is 16.0. The van der Waals surface area contributed by atoms with Crippen LogP contribution in [0.1, 0.15) is 37.8 Å². The van der Waals surface area contributed by atoms with E-state index in [0.717, 1.165) is 5.56 Å². The number of nitrogens with one attached hydrogen (secondary N) is 1. The lowest BCUT2D eigenvalue weighted by molar-refractivity contribution is 0.0525. The number of carbonyl (C=O) groups excluding carboxylic acids is 1. The largest absolute Gasteiger partial charge is 0.444 e. The van der Waals surface area contributed by atoms with Gasteiger partial charge in [-0.2, -0.15) is 5.26 Å². The second kappa shape index (κ2) is 6.92. The van der Waals surface area contributed by atoms with Crippen LogP contribution in [0.3, 0.4) is 0 Å². The van der Waals surface area contributed by atoms with Crippen LogP contribution in [0.25, 0.3) is 0 Å².